The van der Waals surface area contributed by atoms with Gasteiger partial charge in [0.05, 0.1) is 18.5 Å². The van der Waals surface area contributed by atoms with Crippen LogP contribution >= 0.6 is 11.6 Å². The molecule has 0 heterocycles. The average Bonchev–Trinajstić information content (AvgIpc) is 2.54. The Labute approximate surface area is 153 Å². The lowest BCUT2D eigenvalue weighted by Crippen LogP contribution is -2.38. The molecular weight excluding hydrogens is 360 g/mol. The number of rotatable bonds is 6. The summed E-state index contributed by atoms with van der Waals surface area (Å²) in [6, 6.07) is 12.4. The molecule has 0 radical (unpaired) electrons. The molecule has 1 N–H and O–H groups in total. The predicted molar refractivity (Wildman–Crippen MR) is 102 cm³/mol. The van der Waals surface area contributed by atoms with Crippen LogP contribution in [-0.2, 0) is 10.0 Å². The van der Waals surface area contributed by atoms with Gasteiger partial charge in [0.1, 0.15) is 0 Å². The van der Waals surface area contributed by atoms with Crippen molar-refractivity contribution in [3.63, 3.8) is 0 Å². The summed E-state index contributed by atoms with van der Waals surface area (Å²) in [6.07, 6.45) is 1.14. The number of anilines is 1. The Kier molecular flexibility index (Phi) is 6.08. The van der Waals surface area contributed by atoms with Crippen molar-refractivity contribution < 1.29 is 13.2 Å². The number of hydrogen-bond donors (Lipinski definition) is 1. The Balaban J connectivity index is 2.13. The summed E-state index contributed by atoms with van der Waals surface area (Å²) >= 11 is 6.10. The number of hydrogen-bond acceptors (Lipinski definition) is 3. The highest BCUT2D eigenvalue weighted by Crippen LogP contribution is 2.27. The van der Waals surface area contributed by atoms with Gasteiger partial charge in [-0.3, -0.25) is 9.10 Å². The minimum absolute atomic E-state index is 0.123. The molecule has 134 valence electrons. The minimum Gasteiger partial charge on any atom is -0.350 e. The Morgan fingerprint density at radius 3 is 2.44 bits per heavy atom. The van der Waals surface area contributed by atoms with E-state index in [9.17, 15) is 13.2 Å². The number of carbonyl (C=O) groups is 1. The van der Waals surface area contributed by atoms with Gasteiger partial charge in [-0.25, -0.2) is 8.42 Å². The number of nitrogens with one attached hydrogen (secondary N) is 1. The summed E-state index contributed by atoms with van der Waals surface area (Å²) in [7, 11) is -3.50. The SMILES string of the molecule is Cc1ccccc1C(=O)NCCN(c1cccc(Cl)c1C)S(C)(=O)=O. The van der Waals surface area contributed by atoms with Gasteiger partial charge >= 0.3 is 0 Å². The van der Waals surface area contributed by atoms with Crippen molar-refractivity contribution in [2.75, 3.05) is 23.7 Å². The third-order valence-electron chi connectivity index (χ3n) is 3.90. The second-order valence-electron chi connectivity index (χ2n) is 5.79. The Morgan fingerprint density at radius 1 is 1.12 bits per heavy atom. The van der Waals surface area contributed by atoms with Gasteiger partial charge in [-0.05, 0) is 43.2 Å². The maximum atomic E-state index is 12.3. The van der Waals surface area contributed by atoms with Crippen LogP contribution in [0.1, 0.15) is 21.5 Å². The smallest absolute Gasteiger partial charge is 0.251 e. The molecule has 2 aromatic rings. The molecule has 2 rings (SSSR count). The molecule has 0 aliphatic carbocycles. The van der Waals surface area contributed by atoms with Crippen LogP contribution in [-0.4, -0.2) is 33.7 Å². The topological polar surface area (TPSA) is 66.5 Å². The molecule has 0 bridgehead atoms. The van der Waals surface area contributed by atoms with Crippen molar-refractivity contribution in [3.05, 3.63) is 64.2 Å². The van der Waals surface area contributed by atoms with Crippen LogP contribution in [0.3, 0.4) is 0 Å². The lowest BCUT2D eigenvalue weighted by Gasteiger charge is -2.24. The highest BCUT2D eigenvalue weighted by atomic mass is 35.5. The number of amides is 1. The van der Waals surface area contributed by atoms with Crippen molar-refractivity contribution in [1.82, 2.24) is 5.32 Å². The van der Waals surface area contributed by atoms with Gasteiger partial charge in [0.2, 0.25) is 10.0 Å². The van der Waals surface area contributed by atoms with Gasteiger partial charge in [0.25, 0.3) is 5.91 Å². The molecule has 0 atom stereocenters. The zero-order valence-electron chi connectivity index (χ0n) is 14.4. The quantitative estimate of drug-likeness (QED) is 0.837. The molecule has 5 nitrogen and oxygen atoms in total. The summed E-state index contributed by atoms with van der Waals surface area (Å²) in [6.45, 7) is 3.93. The fourth-order valence-electron chi connectivity index (χ4n) is 2.53. The van der Waals surface area contributed by atoms with E-state index in [1.165, 1.54) is 4.31 Å². The maximum absolute atomic E-state index is 12.3. The van der Waals surface area contributed by atoms with E-state index in [1.54, 1.807) is 37.3 Å². The van der Waals surface area contributed by atoms with E-state index in [2.05, 4.69) is 5.32 Å². The van der Waals surface area contributed by atoms with E-state index in [0.717, 1.165) is 11.8 Å². The Hall–Kier alpha value is -2.05. The molecule has 0 unspecified atom stereocenters. The zero-order valence-corrected chi connectivity index (χ0v) is 16.0. The summed E-state index contributed by atoms with van der Waals surface area (Å²) in [5.41, 5.74) is 2.64. The molecule has 0 saturated carbocycles. The van der Waals surface area contributed by atoms with E-state index < -0.39 is 10.0 Å². The van der Waals surface area contributed by atoms with E-state index in [4.69, 9.17) is 11.6 Å². The van der Waals surface area contributed by atoms with Crippen molar-refractivity contribution in [1.29, 1.82) is 0 Å². The van der Waals surface area contributed by atoms with Gasteiger partial charge in [-0.1, -0.05) is 35.9 Å². The van der Waals surface area contributed by atoms with Crippen molar-refractivity contribution in [3.8, 4) is 0 Å². The van der Waals surface area contributed by atoms with E-state index >= 15 is 0 Å². The van der Waals surface area contributed by atoms with Crippen molar-refractivity contribution in [2.24, 2.45) is 0 Å². The predicted octanol–water partition coefficient (Wildman–Crippen LogP) is 3.15. The zero-order chi connectivity index (χ0) is 18.6. The molecule has 0 saturated heterocycles. The summed E-state index contributed by atoms with van der Waals surface area (Å²) in [5.74, 6) is -0.227. The first-order valence-corrected chi connectivity index (χ1v) is 10.0. The molecular formula is C18H21ClN2O3S. The third kappa shape index (κ3) is 4.74. The normalized spacial score (nSPS) is 11.2. The lowest BCUT2D eigenvalue weighted by atomic mass is 10.1. The van der Waals surface area contributed by atoms with Crippen LogP contribution in [0.15, 0.2) is 42.5 Å². The molecule has 2 aromatic carbocycles. The first-order valence-electron chi connectivity index (χ1n) is 7.78. The number of benzene rings is 2. The lowest BCUT2D eigenvalue weighted by molar-refractivity contribution is 0.0954. The van der Waals surface area contributed by atoms with Gasteiger partial charge in [-0.15, -0.1) is 0 Å². The van der Waals surface area contributed by atoms with Crippen LogP contribution in [0.2, 0.25) is 5.02 Å². The van der Waals surface area contributed by atoms with Crippen LogP contribution in [0.4, 0.5) is 5.69 Å². The van der Waals surface area contributed by atoms with Crippen molar-refractivity contribution >= 4 is 33.2 Å². The van der Waals surface area contributed by atoms with Crippen LogP contribution in [0.25, 0.3) is 0 Å². The summed E-state index contributed by atoms with van der Waals surface area (Å²) in [5, 5.41) is 3.26. The second kappa shape index (κ2) is 7.89. The number of halogens is 1. The Bertz CT molecular complexity index is 882. The molecule has 0 aliphatic heterocycles. The molecule has 0 aromatic heterocycles. The molecule has 0 fully saturated rings. The maximum Gasteiger partial charge on any atom is 0.251 e. The van der Waals surface area contributed by atoms with E-state index in [1.807, 2.05) is 19.1 Å². The third-order valence-corrected chi connectivity index (χ3v) is 5.49. The van der Waals surface area contributed by atoms with Crippen LogP contribution in [0.5, 0.6) is 0 Å². The van der Waals surface area contributed by atoms with Crippen molar-refractivity contribution in [2.45, 2.75) is 13.8 Å². The van der Waals surface area contributed by atoms with Gasteiger partial charge < -0.3 is 5.32 Å². The molecule has 1 amide bonds. The number of aryl methyl sites for hydroxylation is 1. The highest BCUT2D eigenvalue weighted by molar-refractivity contribution is 7.92. The molecule has 25 heavy (non-hydrogen) atoms. The number of nitrogens with zero attached hydrogens (tertiary/aromatic N) is 1. The molecule has 7 heteroatoms. The average molecular weight is 381 g/mol. The fourth-order valence-corrected chi connectivity index (χ4v) is 3.67. The number of carbonyl (C=O) groups excluding carboxylic acids is 1. The van der Waals surface area contributed by atoms with E-state index in [-0.39, 0.29) is 19.0 Å². The van der Waals surface area contributed by atoms with Gasteiger partial charge in [0, 0.05) is 17.1 Å². The second-order valence-corrected chi connectivity index (χ2v) is 8.10. The van der Waals surface area contributed by atoms with Gasteiger partial charge in [0.15, 0.2) is 0 Å². The van der Waals surface area contributed by atoms with Crippen LogP contribution < -0.4 is 9.62 Å². The standard InChI is InChI=1S/C18H21ClN2O3S/c1-13-7-4-5-8-15(13)18(22)20-11-12-21(25(3,23)24)17-10-6-9-16(19)14(17)2/h4-10H,11-12H2,1-3H3,(H,20,22). The molecule has 0 spiro atoms. The number of sulfonamides is 1. The highest BCUT2D eigenvalue weighted by Gasteiger charge is 2.20. The van der Waals surface area contributed by atoms with E-state index in [0.29, 0.717) is 21.8 Å². The summed E-state index contributed by atoms with van der Waals surface area (Å²) < 4.78 is 25.6. The first kappa shape index (κ1) is 19.3. The first-order chi connectivity index (χ1) is 11.7. The largest absolute Gasteiger partial charge is 0.350 e. The Morgan fingerprint density at radius 2 is 1.80 bits per heavy atom. The monoisotopic (exact) mass is 380 g/mol. The molecule has 0 aliphatic rings. The minimum atomic E-state index is -3.50. The fraction of sp³-hybridized carbons (Fsp3) is 0.278. The van der Waals surface area contributed by atoms with Gasteiger partial charge in [-0.2, -0.15) is 0 Å². The summed E-state index contributed by atoms with van der Waals surface area (Å²) in [4.78, 5) is 12.3. The van der Waals surface area contributed by atoms with Crippen LogP contribution in [0, 0.1) is 13.8 Å².